The van der Waals surface area contributed by atoms with Crippen LogP contribution in [-0.4, -0.2) is 49.1 Å². The minimum Gasteiger partial charge on any atom is -0.497 e. The molecular weight excluding hydrogens is 380 g/mol. The molecule has 6 heteroatoms. The number of nitrogens with one attached hydrogen (secondary N) is 1. The summed E-state index contributed by atoms with van der Waals surface area (Å²) in [4.78, 5) is 27.4. The topological polar surface area (TPSA) is 67.9 Å². The van der Waals surface area contributed by atoms with Crippen LogP contribution in [0.3, 0.4) is 0 Å². The van der Waals surface area contributed by atoms with Gasteiger partial charge in [0.05, 0.1) is 13.2 Å². The van der Waals surface area contributed by atoms with Crippen molar-refractivity contribution in [2.75, 3.05) is 20.3 Å². The first kappa shape index (κ1) is 21.8. The summed E-state index contributed by atoms with van der Waals surface area (Å²) in [6, 6.07) is 16.7. The van der Waals surface area contributed by atoms with E-state index in [4.69, 9.17) is 9.47 Å². The van der Waals surface area contributed by atoms with Crippen molar-refractivity contribution < 1.29 is 19.1 Å². The zero-order valence-corrected chi connectivity index (χ0v) is 17.7. The maximum absolute atomic E-state index is 13.2. The molecule has 2 aromatic rings. The van der Waals surface area contributed by atoms with E-state index < -0.39 is 6.04 Å². The van der Waals surface area contributed by atoms with E-state index in [0.717, 1.165) is 36.3 Å². The minimum atomic E-state index is -0.603. The molecule has 1 saturated heterocycles. The van der Waals surface area contributed by atoms with Crippen molar-refractivity contribution in [2.24, 2.45) is 0 Å². The fourth-order valence-electron chi connectivity index (χ4n) is 3.69. The maximum atomic E-state index is 13.2. The summed E-state index contributed by atoms with van der Waals surface area (Å²) in [5.74, 6) is 0.459. The van der Waals surface area contributed by atoms with Crippen LogP contribution in [0.15, 0.2) is 54.6 Å². The highest BCUT2D eigenvalue weighted by Gasteiger charge is 2.29. The molecule has 30 heavy (non-hydrogen) atoms. The molecule has 160 valence electrons. The van der Waals surface area contributed by atoms with Gasteiger partial charge in [-0.15, -0.1) is 0 Å². The Balaban J connectivity index is 1.78. The molecular formula is C24H30N2O4. The second kappa shape index (κ2) is 10.8. The van der Waals surface area contributed by atoms with Crippen molar-refractivity contribution in [3.8, 4) is 5.75 Å². The molecule has 0 aromatic heterocycles. The molecule has 0 unspecified atom stereocenters. The second-order valence-electron chi connectivity index (χ2n) is 7.58. The van der Waals surface area contributed by atoms with Gasteiger partial charge in [-0.3, -0.25) is 9.59 Å². The van der Waals surface area contributed by atoms with Crippen LogP contribution < -0.4 is 10.1 Å². The summed E-state index contributed by atoms with van der Waals surface area (Å²) in [5, 5.41) is 3.01. The number of carbonyl (C=O) groups excluding carboxylic acids is 2. The monoisotopic (exact) mass is 410 g/mol. The van der Waals surface area contributed by atoms with Gasteiger partial charge in [-0.25, -0.2) is 0 Å². The Morgan fingerprint density at radius 2 is 1.87 bits per heavy atom. The lowest BCUT2D eigenvalue weighted by molar-refractivity contribution is -0.139. The molecule has 0 saturated carbocycles. The van der Waals surface area contributed by atoms with Gasteiger partial charge in [0.15, 0.2) is 0 Å². The Morgan fingerprint density at radius 3 is 2.47 bits per heavy atom. The summed E-state index contributed by atoms with van der Waals surface area (Å²) in [6.07, 6.45) is 2.48. The van der Waals surface area contributed by atoms with E-state index in [9.17, 15) is 9.59 Å². The number of benzene rings is 2. The van der Waals surface area contributed by atoms with Crippen LogP contribution in [0.1, 0.15) is 30.9 Å². The van der Waals surface area contributed by atoms with Crippen LogP contribution >= 0.6 is 0 Å². The van der Waals surface area contributed by atoms with Gasteiger partial charge < -0.3 is 19.7 Å². The van der Waals surface area contributed by atoms with E-state index in [-0.39, 0.29) is 17.9 Å². The minimum absolute atomic E-state index is 0.0543. The second-order valence-corrected chi connectivity index (χ2v) is 7.58. The molecule has 6 nitrogen and oxygen atoms in total. The quantitative estimate of drug-likeness (QED) is 0.690. The Bertz CT molecular complexity index is 817. The molecule has 1 N–H and O–H groups in total. The molecule has 0 spiro atoms. The highest BCUT2D eigenvalue weighted by molar-refractivity contribution is 5.87. The summed E-state index contributed by atoms with van der Waals surface area (Å²) in [5.41, 5.74) is 1.95. The maximum Gasteiger partial charge on any atom is 0.243 e. The first-order valence-electron chi connectivity index (χ1n) is 10.4. The van der Waals surface area contributed by atoms with Crippen LogP contribution in [0, 0.1) is 0 Å². The van der Waals surface area contributed by atoms with Crippen LogP contribution in [-0.2, 0) is 27.3 Å². The number of amides is 2. The van der Waals surface area contributed by atoms with Gasteiger partial charge in [-0.05, 0) is 36.1 Å². The largest absolute Gasteiger partial charge is 0.497 e. The molecule has 1 aliphatic rings. The number of ether oxygens (including phenoxy) is 2. The van der Waals surface area contributed by atoms with Gasteiger partial charge >= 0.3 is 0 Å². The van der Waals surface area contributed by atoms with E-state index in [1.165, 1.54) is 6.92 Å². The van der Waals surface area contributed by atoms with Crippen LogP contribution in [0.2, 0.25) is 0 Å². The van der Waals surface area contributed by atoms with Gasteiger partial charge in [-0.2, -0.15) is 0 Å². The molecule has 2 amide bonds. The number of carbonyl (C=O) groups is 2. The highest BCUT2D eigenvalue weighted by atomic mass is 16.5. The average Bonchev–Trinajstić information content (AvgIpc) is 3.29. The molecule has 0 bridgehead atoms. The van der Waals surface area contributed by atoms with Crippen LogP contribution in [0.5, 0.6) is 5.75 Å². The van der Waals surface area contributed by atoms with Gasteiger partial charge in [-0.1, -0.05) is 42.5 Å². The van der Waals surface area contributed by atoms with E-state index in [1.807, 2.05) is 54.6 Å². The molecule has 1 heterocycles. The summed E-state index contributed by atoms with van der Waals surface area (Å²) >= 11 is 0. The average molecular weight is 411 g/mol. The Hall–Kier alpha value is -2.86. The number of nitrogens with zero attached hydrogens (tertiary/aromatic N) is 1. The summed E-state index contributed by atoms with van der Waals surface area (Å²) in [7, 11) is 1.62. The van der Waals surface area contributed by atoms with E-state index in [1.54, 1.807) is 12.0 Å². The third-order valence-corrected chi connectivity index (χ3v) is 5.40. The molecule has 2 atom stereocenters. The molecule has 1 fully saturated rings. The zero-order chi connectivity index (χ0) is 21.3. The molecule has 2 aromatic carbocycles. The number of hydrogen-bond acceptors (Lipinski definition) is 4. The lowest BCUT2D eigenvalue weighted by Crippen LogP contribution is -2.51. The van der Waals surface area contributed by atoms with Gasteiger partial charge in [0.2, 0.25) is 11.8 Å². The first-order chi connectivity index (χ1) is 14.6. The van der Waals surface area contributed by atoms with Crippen LogP contribution in [0.25, 0.3) is 0 Å². The third kappa shape index (κ3) is 6.07. The fourth-order valence-corrected chi connectivity index (χ4v) is 3.69. The number of hydrogen-bond donors (Lipinski definition) is 1. The van der Waals surface area contributed by atoms with E-state index >= 15 is 0 Å². The SMILES string of the molecule is COc1ccc(CN(C(C)=O)[C@@H](Cc2ccccc2)C(=O)NC[C@H]2CCCO2)cc1. The van der Waals surface area contributed by atoms with Crippen molar-refractivity contribution in [1.29, 1.82) is 0 Å². The fraction of sp³-hybridized carbons (Fsp3) is 0.417. The number of rotatable bonds is 9. The predicted molar refractivity (Wildman–Crippen MR) is 115 cm³/mol. The summed E-state index contributed by atoms with van der Waals surface area (Å²) < 4.78 is 10.8. The number of methoxy groups -OCH3 is 1. The van der Waals surface area contributed by atoms with Gasteiger partial charge in [0, 0.05) is 33.0 Å². The van der Waals surface area contributed by atoms with Crippen molar-refractivity contribution in [3.63, 3.8) is 0 Å². The molecule has 1 aliphatic heterocycles. The lowest BCUT2D eigenvalue weighted by atomic mass is 10.0. The van der Waals surface area contributed by atoms with E-state index in [2.05, 4.69) is 5.32 Å². The van der Waals surface area contributed by atoms with Crippen molar-refractivity contribution in [3.05, 3.63) is 65.7 Å². The normalized spacial score (nSPS) is 16.7. The Kier molecular flexibility index (Phi) is 7.85. The molecule has 3 rings (SSSR count). The standard InChI is InChI=1S/C24H30N2O4/c1-18(27)26(17-20-10-12-21(29-2)13-11-20)23(15-19-7-4-3-5-8-19)24(28)25-16-22-9-6-14-30-22/h3-5,7-8,10-13,22-23H,6,9,14-17H2,1-2H3,(H,25,28)/t22-,23+/m1/s1. The predicted octanol–water partition coefficient (Wildman–Crippen LogP) is 2.95. The van der Waals surface area contributed by atoms with E-state index in [0.29, 0.717) is 19.5 Å². The molecule has 0 aliphatic carbocycles. The third-order valence-electron chi connectivity index (χ3n) is 5.40. The Morgan fingerprint density at radius 1 is 1.13 bits per heavy atom. The Labute approximate surface area is 178 Å². The van der Waals surface area contributed by atoms with Crippen molar-refractivity contribution in [1.82, 2.24) is 10.2 Å². The smallest absolute Gasteiger partial charge is 0.243 e. The van der Waals surface area contributed by atoms with Crippen molar-refractivity contribution >= 4 is 11.8 Å². The highest BCUT2D eigenvalue weighted by Crippen LogP contribution is 2.18. The first-order valence-corrected chi connectivity index (χ1v) is 10.4. The van der Waals surface area contributed by atoms with Gasteiger partial charge in [0.25, 0.3) is 0 Å². The van der Waals surface area contributed by atoms with Crippen molar-refractivity contribution in [2.45, 2.75) is 44.9 Å². The lowest BCUT2D eigenvalue weighted by Gasteiger charge is -2.31. The van der Waals surface area contributed by atoms with Gasteiger partial charge in [0.1, 0.15) is 11.8 Å². The summed E-state index contributed by atoms with van der Waals surface area (Å²) in [6.45, 7) is 3.07. The van der Waals surface area contributed by atoms with Crippen LogP contribution in [0.4, 0.5) is 0 Å². The molecule has 0 radical (unpaired) electrons. The zero-order valence-electron chi connectivity index (χ0n) is 17.7.